The lowest BCUT2D eigenvalue weighted by Crippen LogP contribution is -2.36. The van der Waals surface area contributed by atoms with Crippen molar-refractivity contribution in [2.24, 2.45) is 5.41 Å². The normalized spacial score (nSPS) is 19.4. The predicted molar refractivity (Wildman–Crippen MR) is 83.7 cm³/mol. The molecule has 1 N–H and O–H groups in total. The van der Waals surface area contributed by atoms with Crippen LogP contribution in [0.15, 0.2) is 10.5 Å². The SMILES string of the molecule is CCCNCc1oc(CN2CCC(C)(C)CC2)cc1C. The molecule has 0 saturated carbocycles. The molecule has 1 aromatic heterocycles. The molecule has 3 nitrogen and oxygen atoms in total. The van der Waals surface area contributed by atoms with Crippen LogP contribution in [-0.4, -0.2) is 24.5 Å². The lowest BCUT2D eigenvalue weighted by atomic mass is 9.83. The van der Waals surface area contributed by atoms with Crippen LogP contribution in [0.25, 0.3) is 0 Å². The van der Waals surface area contributed by atoms with Gasteiger partial charge in [-0.15, -0.1) is 0 Å². The zero-order valence-corrected chi connectivity index (χ0v) is 13.6. The summed E-state index contributed by atoms with van der Waals surface area (Å²) in [7, 11) is 0. The van der Waals surface area contributed by atoms with E-state index in [9.17, 15) is 0 Å². The Morgan fingerprint density at radius 1 is 1.30 bits per heavy atom. The molecule has 0 aromatic carbocycles. The second-order valence-electron chi connectivity index (χ2n) is 6.94. The Morgan fingerprint density at radius 2 is 2.00 bits per heavy atom. The van der Waals surface area contributed by atoms with Crippen LogP contribution in [0.2, 0.25) is 0 Å². The molecule has 114 valence electrons. The quantitative estimate of drug-likeness (QED) is 0.804. The molecular weight excluding hydrogens is 248 g/mol. The molecule has 1 aliphatic rings. The molecule has 0 spiro atoms. The fraction of sp³-hybridized carbons (Fsp3) is 0.765. The Labute approximate surface area is 123 Å². The van der Waals surface area contributed by atoms with E-state index in [2.05, 4.69) is 44.0 Å². The van der Waals surface area contributed by atoms with E-state index in [0.717, 1.165) is 37.6 Å². The van der Waals surface area contributed by atoms with Crippen molar-refractivity contribution in [3.8, 4) is 0 Å². The van der Waals surface area contributed by atoms with Gasteiger partial charge in [0, 0.05) is 0 Å². The maximum Gasteiger partial charge on any atom is 0.120 e. The van der Waals surface area contributed by atoms with Gasteiger partial charge in [-0.1, -0.05) is 20.8 Å². The summed E-state index contributed by atoms with van der Waals surface area (Å²) in [5, 5.41) is 3.41. The van der Waals surface area contributed by atoms with Crippen molar-refractivity contribution in [3.63, 3.8) is 0 Å². The first-order valence-corrected chi connectivity index (χ1v) is 8.01. The van der Waals surface area contributed by atoms with Crippen LogP contribution in [-0.2, 0) is 13.1 Å². The van der Waals surface area contributed by atoms with E-state index in [1.165, 1.54) is 31.5 Å². The van der Waals surface area contributed by atoms with Gasteiger partial charge in [0.25, 0.3) is 0 Å². The van der Waals surface area contributed by atoms with Gasteiger partial charge in [0.1, 0.15) is 11.5 Å². The second kappa shape index (κ2) is 6.77. The molecule has 20 heavy (non-hydrogen) atoms. The second-order valence-corrected chi connectivity index (χ2v) is 6.94. The van der Waals surface area contributed by atoms with Gasteiger partial charge in [-0.25, -0.2) is 0 Å². The monoisotopic (exact) mass is 278 g/mol. The van der Waals surface area contributed by atoms with Crippen molar-refractivity contribution < 1.29 is 4.42 Å². The highest BCUT2D eigenvalue weighted by atomic mass is 16.3. The van der Waals surface area contributed by atoms with E-state index in [1.54, 1.807) is 0 Å². The highest BCUT2D eigenvalue weighted by molar-refractivity contribution is 5.20. The molecule has 0 bridgehead atoms. The summed E-state index contributed by atoms with van der Waals surface area (Å²) in [6.07, 6.45) is 3.74. The average Bonchev–Trinajstić information content (AvgIpc) is 2.73. The van der Waals surface area contributed by atoms with Gasteiger partial charge < -0.3 is 9.73 Å². The Morgan fingerprint density at radius 3 is 2.65 bits per heavy atom. The number of piperidine rings is 1. The zero-order chi connectivity index (χ0) is 14.6. The highest BCUT2D eigenvalue weighted by Crippen LogP contribution is 2.30. The van der Waals surface area contributed by atoms with Crippen molar-refractivity contribution in [1.29, 1.82) is 0 Å². The maximum atomic E-state index is 6.01. The number of nitrogens with one attached hydrogen (secondary N) is 1. The average molecular weight is 278 g/mol. The van der Waals surface area contributed by atoms with Gasteiger partial charge in [0.05, 0.1) is 13.1 Å². The lowest BCUT2D eigenvalue weighted by Gasteiger charge is -2.36. The van der Waals surface area contributed by atoms with Crippen LogP contribution >= 0.6 is 0 Å². The Kier molecular flexibility index (Phi) is 5.28. The molecule has 3 heteroatoms. The zero-order valence-electron chi connectivity index (χ0n) is 13.6. The van der Waals surface area contributed by atoms with Crippen molar-refractivity contribution >= 4 is 0 Å². The van der Waals surface area contributed by atoms with E-state index in [4.69, 9.17) is 4.42 Å². The molecule has 1 aromatic rings. The van der Waals surface area contributed by atoms with Crippen LogP contribution in [0.4, 0.5) is 0 Å². The summed E-state index contributed by atoms with van der Waals surface area (Å²) >= 11 is 0. The van der Waals surface area contributed by atoms with E-state index in [0.29, 0.717) is 5.41 Å². The summed E-state index contributed by atoms with van der Waals surface area (Å²) in [5.74, 6) is 2.22. The molecule has 1 saturated heterocycles. The molecule has 2 rings (SSSR count). The number of rotatable bonds is 6. The molecule has 0 aliphatic carbocycles. The van der Waals surface area contributed by atoms with E-state index < -0.39 is 0 Å². The fourth-order valence-corrected chi connectivity index (χ4v) is 2.76. The van der Waals surface area contributed by atoms with Gasteiger partial charge in [0.15, 0.2) is 0 Å². The van der Waals surface area contributed by atoms with Gasteiger partial charge in [-0.3, -0.25) is 4.90 Å². The van der Waals surface area contributed by atoms with Crippen LogP contribution in [0.1, 0.15) is 57.1 Å². The van der Waals surface area contributed by atoms with Crippen molar-refractivity contribution in [2.45, 2.75) is 60.0 Å². The maximum absolute atomic E-state index is 6.01. The first-order chi connectivity index (χ1) is 9.50. The molecule has 0 atom stereocenters. The third-order valence-corrected chi connectivity index (χ3v) is 4.37. The highest BCUT2D eigenvalue weighted by Gasteiger charge is 2.25. The van der Waals surface area contributed by atoms with Crippen molar-refractivity contribution in [2.75, 3.05) is 19.6 Å². The molecule has 0 radical (unpaired) electrons. The first kappa shape index (κ1) is 15.6. The van der Waals surface area contributed by atoms with E-state index in [1.807, 2.05) is 0 Å². The van der Waals surface area contributed by atoms with Crippen LogP contribution in [0.5, 0.6) is 0 Å². The number of furan rings is 1. The minimum Gasteiger partial charge on any atom is -0.463 e. The molecule has 0 unspecified atom stereocenters. The van der Waals surface area contributed by atoms with Gasteiger partial charge in [-0.2, -0.15) is 0 Å². The van der Waals surface area contributed by atoms with Gasteiger partial charge >= 0.3 is 0 Å². The summed E-state index contributed by atoms with van der Waals surface area (Å²) in [4.78, 5) is 2.52. The van der Waals surface area contributed by atoms with Gasteiger partial charge in [0.2, 0.25) is 0 Å². The summed E-state index contributed by atoms with van der Waals surface area (Å²) < 4.78 is 6.01. The first-order valence-electron chi connectivity index (χ1n) is 8.01. The number of hydrogen-bond donors (Lipinski definition) is 1. The van der Waals surface area contributed by atoms with Crippen LogP contribution in [0, 0.1) is 12.3 Å². The third kappa shape index (κ3) is 4.35. The predicted octanol–water partition coefficient (Wildman–Crippen LogP) is 3.71. The van der Waals surface area contributed by atoms with Gasteiger partial charge in [-0.05, 0) is 62.9 Å². The number of aryl methyl sites for hydroxylation is 1. The Hall–Kier alpha value is -0.800. The number of hydrogen-bond acceptors (Lipinski definition) is 3. The minimum atomic E-state index is 0.519. The third-order valence-electron chi connectivity index (χ3n) is 4.37. The largest absolute Gasteiger partial charge is 0.463 e. The number of likely N-dealkylation sites (tertiary alicyclic amines) is 1. The molecule has 0 amide bonds. The molecule has 1 aliphatic heterocycles. The van der Waals surface area contributed by atoms with Crippen molar-refractivity contribution in [3.05, 3.63) is 23.2 Å². The summed E-state index contributed by atoms with van der Waals surface area (Å²) in [6, 6.07) is 2.21. The number of nitrogens with zero attached hydrogens (tertiary/aromatic N) is 1. The standard InChI is InChI=1S/C17H30N2O/c1-5-8-18-12-16-14(2)11-15(20-16)13-19-9-6-17(3,4)7-10-19/h11,18H,5-10,12-13H2,1-4H3. The smallest absolute Gasteiger partial charge is 0.120 e. The van der Waals surface area contributed by atoms with E-state index >= 15 is 0 Å². The van der Waals surface area contributed by atoms with Crippen molar-refractivity contribution in [1.82, 2.24) is 10.2 Å². The molecule has 1 fully saturated rings. The minimum absolute atomic E-state index is 0.519. The molecular formula is C17H30N2O. The lowest BCUT2D eigenvalue weighted by molar-refractivity contribution is 0.119. The Bertz CT molecular complexity index is 413. The summed E-state index contributed by atoms with van der Waals surface area (Å²) in [5.41, 5.74) is 1.80. The topological polar surface area (TPSA) is 28.4 Å². The molecule has 2 heterocycles. The van der Waals surface area contributed by atoms with E-state index in [-0.39, 0.29) is 0 Å². The van der Waals surface area contributed by atoms with Crippen LogP contribution in [0.3, 0.4) is 0 Å². The summed E-state index contributed by atoms with van der Waals surface area (Å²) in [6.45, 7) is 14.3. The Balaban J connectivity index is 1.86. The fourth-order valence-electron chi connectivity index (χ4n) is 2.76. The van der Waals surface area contributed by atoms with Crippen LogP contribution < -0.4 is 5.32 Å².